The Kier molecular flexibility index (Phi) is 5.37. The molecule has 0 radical (unpaired) electrons. The Bertz CT molecular complexity index is 791. The normalized spacial score (nSPS) is 15.3. The molecule has 0 aliphatic carbocycles. The fourth-order valence-electron chi connectivity index (χ4n) is 2.96. The minimum absolute atomic E-state index is 0.0619. The molecule has 1 atom stereocenters. The Balaban J connectivity index is 1.53. The number of benzene rings is 2. The number of carbonyl (C=O) groups is 1. The summed E-state index contributed by atoms with van der Waals surface area (Å²) in [5.74, 6) is 0.249. The molecule has 1 amide bonds. The van der Waals surface area contributed by atoms with Crippen molar-refractivity contribution in [1.82, 2.24) is 4.90 Å². The number of halogens is 1. The van der Waals surface area contributed by atoms with Crippen molar-refractivity contribution in [2.45, 2.75) is 13.0 Å². The van der Waals surface area contributed by atoms with Gasteiger partial charge in [0.05, 0.1) is 11.6 Å². The molecule has 0 aromatic heterocycles. The van der Waals surface area contributed by atoms with Crippen LogP contribution in [0.1, 0.15) is 12.5 Å². The Morgan fingerprint density at radius 2 is 1.69 bits per heavy atom. The first-order chi connectivity index (χ1) is 12.6. The minimum atomic E-state index is -0.597. The van der Waals surface area contributed by atoms with Gasteiger partial charge in [-0.05, 0) is 55.5 Å². The number of rotatable bonds is 4. The van der Waals surface area contributed by atoms with Crippen LogP contribution in [-0.2, 0) is 4.79 Å². The third-order valence-electron chi connectivity index (χ3n) is 4.43. The van der Waals surface area contributed by atoms with E-state index in [-0.39, 0.29) is 11.7 Å². The van der Waals surface area contributed by atoms with Crippen LogP contribution in [0.25, 0.3) is 0 Å². The second-order valence-corrected chi connectivity index (χ2v) is 6.19. The summed E-state index contributed by atoms with van der Waals surface area (Å²) in [6.07, 6.45) is -0.597. The molecule has 134 valence electrons. The van der Waals surface area contributed by atoms with Gasteiger partial charge in [0.2, 0.25) is 0 Å². The van der Waals surface area contributed by atoms with Crippen LogP contribution in [0.5, 0.6) is 5.75 Å². The predicted octanol–water partition coefficient (Wildman–Crippen LogP) is 2.81. The minimum Gasteiger partial charge on any atom is -0.481 e. The van der Waals surface area contributed by atoms with E-state index in [1.165, 1.54) is 12.1 Å². The van der Waals surface area contributed by atoms with Gasteiger partial charge in [-0.2, -0.15) is 5.26 Å². The summed E-state index contributed by atoms with van der Waals surface area (Å²) in [4.78, 5) is 16.5. The molecule has 2 aromatic rings. The van der Waals surface area contributed by atoms with E-state index in [1.807, 2.05) is 6.07 Å². The van der Waals surface area contributed by atoms with Gasteiger partial charge in [-0.1, -0.05) is 0 Å². The van der Waals surface area contributed by atoms with Gasteiger partial charge in [0, 0.05) is 31.9 Å². The zero-order chi connectivity index (χ0) is 18.5. The summed E-state index contributed by atoms with van der Waals surface area (Å²) in [6, 6.07) is 15.1. The molecule has 0 unspecified atom stereocenters. The molecule has 2 aromatic carbocycles. The standard InChI is InChI=1S/C20H20FN3O2/c1-15(26-19-8-2-16(14-22)3-9-19)20(25)24-12-10-23(11-13-24)18-6-4-17(21)5-7-18/h2-9,15H,10-13H2,1H3/t15-/m1/s1. The lowest BCUT2D eigenvalue weighted by molar-refractivity contribution is -0.138. The van der Waals surface area contributed by atoms with Crippen LogP contribution in [0.3, 0.4) is 0 Å². The number of carbonyl (C=O) groups excluding carboxylic acids is 1. The molecule has 6 heteroatoms. The topological polar surface area (TPSA) is 56.6 Å². The highest BCUT2D eigenvalue weighted by Crippen LogP contribution is 2.18. The van der Waals surface area contributed by atoms with Gasteiger partial charge in [-0.15, -0.1) is 0 Å². The van der Waals surface area contributed by atoms with Crippen LogP contribution in [-0.4, -0.2) is 43.1 Å². The largest absolute Gasteiger partial charge is 0.481 e. The van der Waals surface area contributed by atoms with Crippen LogP contribution >= 0.6 is 0 Å². The monoisotopic (exact) mass is 353 g/mol. The number of hydrogen-bond acceptors (Lipinski definition) is 4. The van der Waals surface area contributed by atoms with E-state index >= 15 is 0 Å². The smallest absolute Gasteiger partial charge is 0.263 e. The first-order valence-corrected chi connectivity index (χ1v) is 8.53. The maximum atomic E-state index is 13.0. The lowest BCUT2D eigenvalue weighted by Crippen LogP contribution is -2.52. The Hall–Kier alpha value is -3.07. The summed E-state index contributed by atoms with van der Waals surface area (Å²) in [5.41, 5.74) is 1.51. The van der Waals surface area contributed by atoms with Gasteiger partial charge < -0.3 is 14.5 Å². The third kappa shape index (κ3) is 4.12. The molecule has 1 saturated heterocycles. The van der Waals surface area contributed by atoms with Crippen LogP contribution < -0.4 is 9.64 Å². The summed E-state index contributed by atoms with van der Waals surface area (Å²) in [5, 5.41) is 8.81. The Morgan fingerprint density at radius 1 is 1.08 bits per heavy atom. The van der Waals surface area contributed by atoms with Crippen molar-refractivity contribution < 1.29 is 13.9 Å². The van der Waals surface area contributed by atoms with Crippen LogP contribution in [0.4, 0.5) is 10.1 Å². The van der Waals surface area contributed by atoms with Crippen molar-refractivity contribution in [3.05, 3.63) is 59.9 Å². The van der Waals surface area contributed by atoms with E-state index in [0.717, 1.165) is 5.69 Å². The zero-order valence-corrected chi connectivity index (χ0v) is 14.6. The van der Waals surface area contributed by atoms with E-state index in [2.05, 4.69) is 4.90 Å². The van der Waals surface area contributed by atoms with Crippen molar-refractivity contribution in [1.29, 1.82) is 5.26 Å². The molecular weight excluding hydrogens is 333 g/mol. The molecule has 0 bridgehead atoms. The number of ether oxygens (including phenoxy) is 1. The van der Waals surface area contributed by atoms with Gasteiger partial charge in [0.25, 0.3) is 5.91 Å². The molecule has 0 spiro atoms. The van der Waals surface area contributed by atoms with Gasteiger partial charge in [-0.25, -0.2) is 4.39 Å². The average molecular weight is 353 g/mol. The van der Waals surface area contributed by atoms with Gasteiger partial charge in [0.15, 0.2) is 6.10 Å². The molecule has 1 fully saturated rings. The van der Waals surface area contributed by atoms with Crippen molar-refractivity contribution >= 4 is 11.6 Å². The summed E-state index contributed by atoms with van der Waals surface area (Å²) in [7, 11) is 0. The van der Waals surface area contributed by atoms with Crippen molar-refractivity contribution in [2.24, 2.45) is 0 Å². The molecule has 0 N–H and O–H groups in total. The maximum absolute atomic E-state index is 13.0. The fourth-order valence-corrected chi connectivity index (χ4v) is 2.96. The Morgan fingerprint density at radius 3 is 2.27 bits per heavy atom. The SMILES string of the molecule is C[C@@H](Oc1ccc(C#N)cc1)C(=O)N1CCN(c2ccc(F)cc2)CC1. The fraction of sp³-hybridized carbons (Fsp3) is 0.300. The van der Waals surface area contributed by atoms with E-state index in [9.17, 15) is 9.18 Å². The zero-order valence-electron chi connectivity index (χ0n) is 14.6. The number of amides is 1. The van der Waals surface area contributed by atoms with Crippen molar-refractivity contribution in [2.75, 3.05) is 31.1 Å². The molecule has 5 nitrogen and oxygen atoms in total. The Labute approximate surface area is 152 Å². The van der Waals surface area contributed by atoms with E-state index < -0.39 is 6.10 Å². The summed E-state index contributed by atoms with van der Waals surface area (Å²) < 4.78 is 18.7. The highest BCUT2D eigenvalue weighted by molar-refractivity contribution is 5.81. The van der Waals surface area contributed by atoms with Crippen LogP contribution in [0.2, 0.25) is 0 Å². The number of anilines is 1. The molecule has 1 heterocycles. The number of nitrogens with zero attached hydrogens (tertiary/aromatic N) is 3. The molecule has 0 saturated carbocycles. The van der Waals surface area contributed by atoms with Gasteiger partial charge in [0.1, 0.15) is 11.6 Å². The third-order valence-corrected chi connectivity index (χ3v) is 4.43. The number of piperazine rings is 1. The van der Waals surface area contributed by atoms with Gasteiger partial charge >= 0.3 is 0 Å². The molecule has 1 aliphatic heterocycles. The number of hydrogen-bond donors (Lipinski definition) is 0. The second kappa shape index (κ2) is 7.87. The van der Waals surface area contributed by atoms with Crippen molar-refractivity contribution in [3.8, 4) is 11.8 Å². The van der Waals surface area contributed by atoms with Crippen LogP contribution in [0, 0.1) is 17.1 Å². The quantitative estimate of drug-likeness (QED) is 0.848. The molecular formula is C20H20FN3O2. The lowest BCUT2D eigenvalue weighted by Gasteiger charge is -2.37. The molecule has 3 rings (SSSR count). The lowest BCUT2D eigenvalue weighted by atomic mass is 10.2. The predicted molar refractivity (Wildman–Crippen MR) is 96.4 cm³/mol. The first-order valence-electron chi connectivity index (χ1n) is 8.53. The second-order valence-electron chi connectivity index (χ2n) is 6.19. The number of nitriles is 1. The summed E-state index contributed by atoms with van der Waals surface area (Å²) >= 11 is 0. The maximum Gasteiger partial charge on any atom is 0.263 e. The first kappa shape index (κ1) is 17.7. The van der Waals surface area contributed by atoms with Crippen LogP contribution in [0.15, 0.2) is 48.5 Å². The average Bonchev–Trinajstić information content (AvgIpc) is 2.69. The van der Waals surface area contributed by atoms with Gasteiger partial charge in [-0.3, -0.25) is 4.79 Å². The molecule has 1 aliphatic rings. The summed E-state index contributed by atoms with van der Waals surface area (Å²) in [6.45, 7) is 4.31. The van der Waals surface area contributed by atoms with Crippen molar-refractivity contribution in [3.63, 3.8) is 0 Å². The van der Waals surface area contributed by atoms with E-state index in [4.69, 9.17) is 10.00 Å². The van der Waals surface area contributed by atoms with E-state index in [0.29, 0.717) is 37.5 Å². The highest BCUT2D eigenvalue weighted by atomic mass is 19.1. The highest BCUT2D eigenvalue weighted by Gasteiger charge is 2.26. The molecule has 26 heavy (non-hydrogen) atoms. The van der Waals surface area contributed by atoms with E-state index in [1.54, 1.807) is 48.2 Å².